The summed E-state index contributed by atoms with van der Waals surface area (Å²) in [5, 5.41) is 12.5. The third-order valence-electron chi connectivity index (χ3n) is 5.20. The van der Waals surface area contributed by atoms with E-state index in [-0.39, 0.29) is 18.6 Å². The highest BCUT2D eigenvalue weighted by Crippen LogP contribution is 2.29. The summed E-state index contributed by atoms with van der Waals surface area (Å²) in [5.41, 5.74) is 0.575. The number of nitrogens with zero attached hydrogens (tertiary/aromatic N) is 2. The maximum Gasteiger partial charge on any atom is 0.409 e. The van der Waals surface area contributed by atoms with Gasteiger partial charge in [-0.1, -0.05) is 30.3 Å². The van der Waals surface area contributed by atoms with E-state index in [1.165, 1.54) is 4.90 Å². The van der Waals surface area contributed by atoms with Crippen molar-refractivity contribution in [2.24, 2.45) is 0 Å². The maximum absolute atomic E-state index is 13.0. The predicted molar refractivity (Wildman–Crippen MR) is 109 cm³/mol. The van der Waals surface area contributed by atoms with Crippen molar-refractivity contribution in [3.8, 4) is 0 Å². The molecule has 3 rings (SSSR count). The second-order valence-corrected chi connectivity index (χ2v) is 8.23. The van der Waals surface area contributed by atoms with Crippen LogP contribution in [0.5, 0.6) is 0 Å². The predicted octanol–water partition coefficient (Wildman–Crippen LogP) is 3.40. The Morgan fingerprint density at radius 1 is 1.24 bits per heavy atom. The van der Waals surface area contributed by atoms with Crippen LogP contribution in [0.25, 0.3) is 0 Å². The number of aromatic nitrogens is 1. The first-order valence-electron chi connectivity index (χ1n) is 9.60. The van der Waals surface area contributed by atoms with Gasteiger partial charge < -0.3 is 15.2 Å². The van der Waals surface area contributed by atoms with Gasteiger partial charge >= 0.3 is 6.09 Å². The maximum atomic E-state index is 13.0. The number of benzene rings is 1. The van der Waals surface area contributed by atoms with E-state index in [1.54, 1.807) is 32.2 Å². The van der Waals surface area contributed by atoms with Gasteiger partial charge in [0.2, 0.25) is 0 Å². The van der Waals surface area contributed by atoms with Crippen molar-refractivity contribution in [2.45, 2.75) is 51.5 Å². The van der Waals surface area contributed by atoms with Gasteiger partial charge in [-0.05, 0) is 45.4 Å². The van der Waals surface area contributed by atoms with E-state index in [9.17, 15) is 14.7 Å². The number of pyridine rings is 1. The Kier molecular flexibility index (Phi) is 5.61. The fourth-order valence-corrected chi connectivity index (χ4v) is 3.65. The molecule has 1 aromatic heterocycles. The molecule has 1 fully saturated rings. The molecule has 2 amide bonds. The number of hydrogen-bond donors (Lipinski definition) is 2. The summed E-state index contributed by atoms with van der Waals surface area (Å²) < 4.78 is 5.90. The van der Waals surface area contributed by atoms with Gasteiger partial charge in [0.05, 0.1) is 29.4 Å². The molecular weight excluding hydrogens is 370 g/mol. The second-order valence-electron chi connectivity index (χ2n) is 8.23. The highest BCUT2D eigenvalue weighted by Gasteiger charge is 2.42. The molecular formula is C22H27N3O4. The molecule has 2 heterocycles. The SMILES string of the molecule is CC(C)(NC(=O)c1cccnc1CC1CN(C(=O)O)C(C)(C)O1)c1ccccc1. The Balaban J connectivity index is 1.77. The molecule has 1 aliphatic heterocycles. The number of ether oxygens (including phenoxy) is 1. The number of hydrogen-bond acceptors (Lipinski definition) is 4. The molecule has 154 valence electrons. The highest BCUT2D eigenvalue weighted by atomic mass is 16.5. The van der Waals surface area contributed by atoms with Crippen molar-refractivity contribution in [3.63, 3.8) is 0 Å². The summed E-state index contributed by atoms with van der Waals surface area (Å²) >= 11 is 0. The quantitative estimate of drug-likeness (QED) is 0.807. The zero-order valence-corrected chi connectivity index (χ0v) is 17.2. The van der Waals surface area contributed by atoms with E-state index in [0.29, 0.717) is 17.7 Å². The van der Waals surface area contributed by atoms with Crippen LogP contribution in [0.15, 0.2) is 48.7 Å². The summed E-state index contributed by atoms with van der Waals surface area (Å²) in [4.78, 5) is 30.1. The minimum Gasteiger partial charge on any atom is -0.465 e. The fraction of sp³-hybridized carbons (Fsp3) is 0.409. The van der Waals surface area contributed by atoms with Gasteiger partial charge in [-0.2, -0.15) is 0 Å². The average Bonchev–Trinajstić information content (AvgIpc) is 2.96. The van der Waals surface area contributed by atoms with E-state index in [2.05, 4.69) is 10.3 Å². The molecule has 1 saturated heterocycles. The lowest BCUT2D eigenvalue weighted by molar-refractivity contribution is -0.0658. The smallest absolute Gasteiger partial charge is 0.409 e. The Hall–Kier alpha value is -2.93. The van der Waals surface area contributed by atoms with Crippen molar-refractivity contribution in [1.29, 1.82) is 0 Å². The molecule has 0 saturated carbocycles. The number of nitrogens with one attached hydrogen (secondary N) is 1. The lowest BCUT2D eigenvalue weighted by Gasteiger charge is -2.27. The first-order valence-corrected chi connectivity index (χ1v) is 9.60. The number of amides is 2. The van der Waals surface area contributed by atoms with Crippen LogP contribution in [0.2, 0.25) is 0 Å². The number of carboxylic acid groups (broad SMARTS) is 1. The van der Waals surface area contributed by atoms with E-state index in [1.807, 2.05) is 44.2 Å². The van der Waals surface area contributed by atoms with Crippen LogP contribution in [0.4, 0.5) is 4.79 Å². The van der Waals surface area contributed by atoms with E-state index in [0.717, 1.165) is 5.56 Å². The molecule has 0 radical (unpaired) electrons. The standard InChI is InChI=1S/C22H27N3O4/c1-21(2,15-9-6-5-7-10-15)24-19(26)17-11-8-12-23-18(17)13-16-14-25(20(27)28)22(3,4)29-16/h5-12,16H,13-14H2,1-4H3,(H,24,26)(H,27,28). The minimum atomic E-state index is -1.03. The van der Waals surface area contributed by atoms with Crippen molar-refractivity contribution in [1.82, 2.24) is 15.2 Å². The molecule has 7 heteroatoms. The average molecular weight is 397 g/mol. The molecule has 0 aliphatic carbocycles. The van der Waals surface area contributed by atoms with Gasteiger partial charge in [-0.15, -0.1) is 0 Å². The van der Waals surface area contributed by atoms with Gasteiger partial charge in [0, 0.05) is 12.6 Å². The molecule has 29 heavy (non-hydrogen) atoms. The molecule has 2 N–H and O–H groups in total. The van der Waals surface area contributed by atoms with Gasteiger partial charge in [0.15, 0.2) is 0 Å². The summed E-state index contributed by atoms with van der Waals surface area (Å²) in [6.07, 6.45) is 0.581. The number of rotatable bonds is 5. The second kappa shape index (κ2) is 7.83. The zero-order valence-electron chi connectivity index (χ0n) is 17.2. The Morgan fingerprint density at radius 2 is 1.93 bits per heavy atom. The first kappa shape index (κ1) is 20.8. The lowest BCUT2D eigenvalue weighted by atomic mass is 9.93. The summed E-state index contributed by atoms with van der Waals surface area (Å²) in [7, 11) is 0. The van der Waals surface area contributed by atoms with Crippen LogP contribution in [0.1, 0.15) is 49.3 Å². The van der Waals surface area contributed by atoms with Gasteiger partial charge in [-0.3, -0.25) is 14.7 Å². The van der Waals surface area contributed by atoms with Crippen LogP contribution in [-0.2, 0) is 16.7 Å². The van der Waals surface area contributed by atoms with Crippen LogP contribution in [-0.4, -0.2) is 45.4 Å². The summed E-state index contributed by atoms with van der Waals surface area (Å²) in [6, 6.07) is 13.2. The third-order valence-corrected chi connectivity index (χ3v) is 5.20. The van der Waals surface area contributed by atoms with Crippen LogP contribution in [0, 0.1) is 0 Å². The van der Waals surface area contributed by atoms with Crippen molar-refractivity contribution in [2.75, 3.05) is 6.54 Å². The van der Waals surface area contributed by atoms with Gasteiger partial charge in [-0.25, -0.2) is 4.79 Å². The van der Waals surface area contributed by atoms with Gasteiger partial charge in [0.1, 0.15) is 5.72 Å². The largest absolute Gasteiger partial charge is 0.465 e. The molecule has 1 aliphatic rings. The van der Waals surface area contributed by atoms with Crippen molar-refractivity contribution in [3.05, 3.63) is 65.5 Å². The fourth-order valence-electron chi connectivity index (χ4n) is 3.65. The molecule has 1 atom stereocenters. The van der Waals surface area contributed by atoms with E-state index >= 15 is 0 Å². The Bertz CT molecular complexity index is 896. The monoisotopic (exact) mass is 397 g/mol. The van der Waals surface area contributed by atoms with Crippen molar-refractivity contribution >= 4 is 12.0 Å². The summed E-state index contributed by atoms with van der Waals surface area (Å²) in [5.74, 6) is -0.227. The zero-order chi connectivity index (χ0) is 21.2. The molecule has 0 bridgehead atoms. The third kappa shape index (κ3) is 4.56. The first-order chi connectivity index (χ1) is 13.6. The van der Waals surface area contributed by atoms with E-state index in [4.69, 9.17) is 4.74 Å². The van der Waals surface area contributed by atoms with Gasteiger partial charge in [0.25, 0.3) is 5.91 Å². The van der Waals surface area contributed by atoms with Crippen LogP contribution in [0.3, 0.4) is 0 Å². The molecule has 7 nitrogen and oxygen atoms in total. The minimum absolute atomic E-state index is 0.227. The van der Waals surface area contributed by atoms with Crippen LogP contribution < -0.4 is 5.32 Å². The van der Waals surface area contributed by atoms with E-state index < -0.39 is 17.4 Å². The normalized spacial score (nSPS) is 18.5. The molecule has 0 spiro atoms. The Labute approximate surface area is 170 Å². The van der Waals surface area contributed by atoms with Crippen LogP contribution >= 0.6 is 0 Å². The Morgan fingerprint density at radius 3 is 2.55 bits per heavy atom. The molecule has 1 aromatic carbocycles. The topological polar surface area (TPSA) is 91.8 Å². The highest BCUT2D eigenvalue weighted by molar-refractivity contribution is 5.95. The number of carbonyl (C=O) groups excluding carboxylic acids is 1. The van der Waals surface area contributed by atoms with Crippen molar-refractivity contribution < 1.29 is 19.4 Å². The molecule has 1 unspecified atom stereocenters. The lowest BCUT2D eigenvalue weighted by Crippen LogP contribution is -2.42. The molecule has 2 aromatic rings. The number of carbonyl (C=O) groups is 2. The summed E-state index contributed by atoms with van der Waals surface area (Å²) in [6.45, 7) is 7.56.